The lowest BCUT2D eigenvalue weighted by Gasteiger charge is -2.20. The van der Waals surface area contributed by atoms with Gasteiger partial charge in [0.1, 0.15) is 0 Å². The third-order valence-electron chi connectivity index (χ3n) is 2.51. The van der Waals surface area contributed by atoms with Crippen molar-refractivity contribution >= 4 is 33.0 Å². The predicted octanol–water partition coefficient (Wildman–Crippen LogP) is 3.00. The molecule has 0 radical (unpaired) electrons. The van der Waals surface area contributed by atoms with Gasteiger partial charge in [0.05, 0.1) is 15.2 Å². The molecule has 90 valence electrons. The number of rotatable bonds is 4. The van der Waals surface area contributed by atoms with E-state index in [1.807, 2.05) is 6.07 Å². The van der Waals surface area contributed by atoms with E-state index in [1.54, 1.807) is 17.5 Å². The Morgan fingerprint density at radius 2 is 2.35 bits per heavy atom. The van der Waals surface area contributed by atoms with E-state index in [1.165, 1.54) is 5.56 Å². The molecule has 0 aliphatic rings. The highest BCUT2D eigenvalue weighted by molar-refractivity contribution is 9.11. The van der Waals surface area contributed by atoms with Crippen LogP contribution in [0.25, 0.3) is 0 Å². The molecule has 0 amide bonds. The summed E-state index contributed by atoms with van der Waals surface area (Å²) in [6, 6.07) is 6.13. The van der Waals surface area contributed by atoms with Crippen LogP contribution in [-0.2, 0) is 13.1 Å². The first-order chi connectivity index (χ1) is 8.20. The van der Waals surface area contributed by atoms with Crippen molar-refractivity contribution in [3.05, 3.63) is 44.8 Å². The maximum atomic E-state index is 5.69. The third kappa shape index (κ3) is 3.06. The maximum Gasteiger partial charge on any atom is 0.0772 e. The maximum absolute atomic E-state index is 5.69. The lowest BCUT2D eigenvalue weighted by Crippen LogP contribution is -2.19. The van der Waals surface area contributed by atoms with Gasteiger partial charge in [0.2, 0.25) is 0 Å². The lowest BCUT2D eigenvalue weighted by atomic mass is 10.2. The molecule has 2 aromatic rings. The Kier molecular flexibility index (Phi) is 4.15. The summed E-state index contributed by atoms with van der Waals surface area (Å²) in [5.41, 5.74) is 9.01. The second-order valence-corrected chi connectivity index (χ2v) is 6.08. The monoisotopic (exact) mass is 311 g/mol. The summed E-state index contributed by atoms with van der Waals surface area (Å²) < 4.78 is 1.16. The molecule has 2 aromatic heterocycles. The summed E-state index contributed by atoms with van der Waals surface area (Å²) in [5, 5.41) is 2.15. The second kappa shape index (κ2) is 5.62. The number of nitrogens with two attached hydrogens (primary N) is 1. The summed E-state index contributed by atoms with van der Waals surface area (Å²) in [5.74, 6) is 0. The molecule has 0 aromatic carbocycles. The highest BCUT2D eigenvalue weighted by Gasteiger charge is 2.08. The van der Waals surface area contributed by atoms with E-state index in [4.69, 9.17) is 5.73 Å². The van der Waals surface area contributed by atoms with Crippen LogP contribution in [0.2, 0.25) is 0 Å². The molecule has 5 heteroatoms. The number of nitrogens with zero attached hydrogens (tertiary/aromatic N) is 2. The molecular weight excluding hydrogens is 298 g/mol. The van der Waals surface area contributed by atoms with Crippen molar-refractivity contribution in [2.45, 2.75) is 13.1 Å². The van der Waals surface area contributed by atoms with Gasteiger partial charge in [0, 0.05) is 26.3 Å². The largest absolute Gasteiger partial charge is 0.369 e. The van der Waals surface area contributed by atoms with Crippen LogP contribution in [-0.4, -0.2) is 12.0 Å². The van der Waals surface area contributed by atoms with Crippen molar-refractivity contribution in [2.75, 3.05) is 11.9 Å². The zero-order chi connectivity index (χ0) is 12.3. The number of aromatic nitrogens is 1. The van der Waals surface area contributed by atoms with E-state index in [9.17, 15) is 0 Å². The smallest absolute Gasteiger partial charge is 0.0772 e. The molecule has 17 heavy (non-hydrogen) atoms. The van der Waals surface area contributed by atoms with Gasteiger partial charge >= 0.3 is 0 Å². The average Bonchev–Trinajstić information content (AvgIpc) is 2.74. The molecule has 2 rings (SSSR count). The number of thiophene rings is 1. The molecule has 0 unspecified atom stereocenters. The minimum atomic E-state index is 0.466. The van der Waals surface area contributed by atoms with Crippen LogP contribution in [0.15, 0.2) is 33.6 Å². The topological polar surface area (TPSA) is 42.2 Å². The van der Waals surface area contributed by atoms with Crippen molar-refractivity contribution in [3.8, 4) is 0 Å². The van der Waals surface area contributed by atoms with Crippen LogP contribution in [0.5, 0.6) is 0 Å². The molecule has 0 saturated heterocycles. The number of pyridine rings is 1. The summed E-state index contributed by atoms with van der Waals surface area (Å²) >= 11 is 5.18. The highest BCUT2D eigenvalue weighted by Crippen LogP contribution is 2.24. The fourth-order valence-corrected chi connectivity index (χ4v) is 2.92. The summed E-state index contributed by atoms with van der Waals surface area (Å²) in [7, 11) is 2.06. The fourth-order valence-electron chi connectivity index (χ4n) is 1.72. The Bertz CT molecular complexity index is 498. The Hall–Kier alpha value is -0.910. The molecule has 2 N–H and O–H groups in total. The molecule has 0 atom stereocenters. The SMILES string of the molecule is CN(Cc1csc(Br)c1)c1cccnc1CN. The van der Waals surface area contributed by atoms with Crippen molar-refractivity contribution < 1.29 is 0 Å². The van der Waals surface area contributed by atoms with E-state index in [-0.39, 0.29) is 0 Å². The molecule has 0 aliphatic heterocycles. The van der Waals surface area contributed by atoms with Gasteiger partial charge in [0.15, 0.2) is 0 Å². The van der Waals surface area contributed by atoms with Gasteiger partial charge in [-0.25, -0.2) is 0 Å². The molecule has 3 nitrogen and oxygen atoms in total. The van der Waals surface area contributed by atoms with Crippen LogP contribution in [0, 0.1) is 0 Å². The average molecular weight is 312 g/mol. The number of hydrogen-bond acceptors (Lipinski definition) is 4. The van der Waals surface area contributed by atoms with Crippen molar-refractivity contribution in [1.82, 2.24) is 4.98 Å². The molecule has 2 heterocycles. The van der Waals surface area contributed by atoms with E-state index < -0.39 is 0 Å². The molecule has 0 fully saturated rings. The summed E-state index contributed by atoms with van der Waals surface area (Å²) in [4.78, 5) is 6.46. The van der Waals surface area contributed by atoms with Gasteiger partial charge < -0.3 is 10.6 Å². The first-order valence-corrected chi connectivity index (χ1v) is 6.96. The normalized spacial score (nSPS) is 10.5. The zero-order valence-electron chi connectivity index (χ0n) is 9.56. The van der Waals surface area contributed by atoms with E-state index >= 15 is 0 Å². The minimum absolute atomic E-state index is 0.466. The quantitative estimate of drug-likeness (QED) is 0.944. The zero-order valence-corrected chi connectivity index (χ0v) is 12.0. The van der Waals surface area contributed by atoms with Gasteiger partial charge in [-0.2, -0.15) is 0 Å². The molecule has 0 saturated carbocycles. The van der Waals surface area contributed by atoms with Gasteiger partial charge in [-0.15, -0.1) is 11.3 Å². The van der Waals surface area contributed by atoms with Gasteiger partial charge in [-0.3, -0.25) is 4.98 Å². The van der Waals surface area contributed by atoms with E-state index in [0.717, 1.165) is 21.7 Å². The molecule has 0 bridgehead atoms. The van der Waals surface area contributed by atoms with Gasteiger partial charge in [-0.1, -0.05) is 0 Å². The van der Waals surface area contributed by atoms with E-state index in [2.05, 4.69) is 50.4 Å². The molecular formula is C12H14BrN3S. The lowest BCUT2D eigenvalue weighted by molar-refractivity contribution is 0.886. The van der Waals surface area contributed by atoms with Crippen molar-refractivity contribution in [1.29, 1.82) is 0 Å². The Morgan fingerprint density at radius 1 is 1.53 bits per heavy atom. The second-order valence-electron chi connectivity index (χ2n) is 3.79. The summed E-state index contributed by atoms with van der Waals surface area (Å²) in [6.45, 7) is 1.33. The standard InChI is InChI=1S/C12H14BrN3S/c1-16(7-9-5-12(13)17-8-9)11-3-2-4-15-10(11)6-14/h2-5,8H,6-7,14H2,1H3. The first kappa shape index (κ1) is 12.5. The number of hydrogen-bond donors (Lipinski definition) is 1. The van der Waals surface area contributed by atoms with Crippen LogP contribution in [0.1, 0.15) is 11.3 Å². The summed E-state index contributed by atoms with van der Waals surface area (Å²) in [6.07, 6.45) is 1.78. The van der Waals surface area contributed by atoms with Crippen LogP contribution < -0.4 is 10.6 Å². The van der Waals surface area contributed by atoms with Crippen LogP contribution >= 0.6 is 27.3 Å². The number of anilines is 1. The van der Waals surface area contributed by atoms with Gasteiger partial charge in [-0.05, 0) is 45.1 Å². The van der Waals surface area contributed by atoms with Crippen LogP contribution in [0.3, 0.4) is 0 Å². The first-order valence-electron chi connectivity index (χ1n) is 5.28. The Balaban J connectivity index is 2.16. The molecule has 0 spiro atoms. The van der Waals surface area contributed by atoms with Crippen molar-refractivity contribution in [3.63, 3.8) is 0 Å². The third-order valence-corrected chi connectivity index (χ3v) is 4.07. The van der Waals surface area contributed by atoms with E-state index in [0.29, 0.717) is 6.54 Å². The Labute approximate surface area is 113 Å². The van der Waals surface area contributed by atoms with Crippen LogP contribution in [0.4, 0.5) is 5.69 Å². The minimum Gasteiger partial charge on any atom is -0.369 e. The number of halogens is 1. The predicted molar refractivity (Wildman–Crippen MR) is 76.3 cm³/mol. The fraction of sp³-hybridized carbons (Fsp3) is 0.250. The highest BCUT2D eigenvalue weighted by atomic mass is 79.9. The Morgan fingerprint density at radius 3 is 3.00 bits per heavy atom. The molecule has 0 aliphatic carbocycles. The van der Waals surface area contributed by atoms with Gasteiger partial charge in [0.25, 0.3) is 0 Å². The van der Waals surface area contributed by atoms with Crippen molar-refractivity contribution in [2.24, 2.45) is 5.73 Å².